The molecule has 2 unspecified atom stereocenters. The van der Waals surface area contributed by atoms with Crippen molar-refractivity contribution in [2.45, 2.75) is 42.8 Å². The molecule has 1 amide bonds. The molecule has 2 atom stereocenters. The fourth-order valence-corrected chi connectivity index (χ4v) is 5.18. The Kier molecular flexibility index (Phi) is 7.25. The monoisotopic (exact) mass is 411 g/mol. The summed E-state index contributed by atoms with van der Waals surface area (Å²) in [5.41, 5.74) is 3.20. The van der Waals surface area contributed by atoms with Gasteiger partial charge in [0.05, 0.1) is 12.0 Å². The van der Waals surface area contributed by atoms with E-state index in [1.807, 2.05) is 54.2 Å². The molecule has 2 saturated heterocycles. The molecule has 4 rings (SSSR count). The van der Waals surface area contributed by atoms with Crippen LogP contribution in [0.25, 0.3) is 0 Å². The van der Waals surface area contributed by atoms with E-state index in [-0.39, 0.29) is 17.9 Å². The Balaban J connectivity index is 1.38. The van der Waals surface area contributed by atoms with Gasteiger partial charge in [0.25, 0.3) is 0 Å². The average Bonchev–Trinajstić information content (AvgIpc) is 2.79. The first kappa shape index (κ1) is 20.5. The molecule has 0 radical (unpaired) electrons. The smallest absolute Gasteiger partial charge is 0.230 e. The van der Waals surface area contributed by atoms with Gasteiger partial charge in [-0.25, -0.2) is 0 Å². The largest absolute Gasteiger partial charge is 0.381 e. The van der Waals surface area contributed by atoms with Gasteiger partial charge in [-0.2, -0.15) is 11.8 Å². The van der Waals surface area contributed by atoms with Gasteiger partial charge in [-0.1, -0.05) is 42.5 Å². The van der Waals surface area contributed by atoms with Crippen LogP contribution in [-0.2, 0) is 20.0 Å². The number of carbonyl (C=O) groups is 1. The Hall–Kier alpha value is -1.82. The molecule has 0 saturated carbocycles. The fraction of sp³-hybridized carbons (Fsp3) is 0.458. The van der Waals surface area contributed by atoms with Crippen LogP contribution in [0.5, 0.6) is 0 Å². The molecule has 2 aromatic rings. The lowest BCUT2D eigenvalue weighted by atomic mass is 9.88. The standard InChI is InChI=1S/C24H29NO3S/c26-24(22-10-5-13-28-23(22)19-7-2-1-3-8-19)25-20-9-4-6-18(16-20)17-29-21-11-14-27-15-12-21/h1-4,6-9,16,21-23H,5,10-15,17H2,(H,25,26). The summed E-state index contributed by atoms with van der Waals surface area (Å²) in [7, 11) is 0. The van der Waals surface area contributed by atoms with Crippen LogP contribution in [0.3, 0.4) is 0 Å². The second-order valence-electron chi connectivity index (χ2n) is 7.76. The average molecular weight is 412 g/mol. The van der Waals surface area contributed by atoms with Gasteiger partial charge in [0.1, 0.15) is 0 Å². The van der Waals surface area contributed by atoms with Crippen molar-refractivity contribution in [1.82, 2.24) is 0 Å². The van der Waals surface area contributed by atoms with Crippen LogP contribution < -0.4 is 5.32 Å². The minimum Gasteiger partial charge on any atom is -0.381 e. The number of nitrogens with one attached hydrogen (secondary N) is 1. The van der Waals surface area contributed by atoms with Crippen LogP contribution in [-0.4, -0.2) is 31.0 Å². The predicted molar refractivity (Wildman–Crippen MR) is 118 cm³/mol. The molecule has 5 heteroatoms. The van der Waals surface area contributed by atoms with Crippen LogP contribution in [0.4, 0.5) is 5.69 Å². The lowest BCUT2D eigenvalue weighted by Gasteiger charge is -2.31. The number of carbonyl (C=O) groups excluding carboxylic acids is 1. The molecule has 2 aliphatic rings. The summed E-state index contributed by atoms with van der Waals surface area (Å²) < 4.78 is 11.4. The zero-order chi connectivity index (χ0) is 19.9. The summed E-state index contributed by atoms with van der Waals surface area (Å²) in [5.74, 6) is 0.854. The number of thioether (sulfide) groups is 1. The summed E-state index contributed by atoms with van der Waals surface area (Å²) in [6, 6.07) is 18.3. The molecule has 0 spiro atoms. The highest BCUT2D eigenvalue weighted by atomic mass is 32.2. The number of benzene rings is 2. The molecule has 0 aliphatic carbocycles. The number of hydrogen-bond donors (Lipinski definition) is 1. The molecule has 2 aliphatic heterocycles. The van der Waals surface area contributed by atoms with E-state index >= 15 is 0 Å². The predicted octanol–water partition coefficient (Wildman–Crippen LogP) is 5.21. The zero-order valence-corrected chi connectivity index (χ0v) is 17.5. The lowest BCUT2D eigenvalue weighted by molar-refractivity contribution is -0.129. The van der Waals surface area contributed by atoms with Crippen LogP contribution in [0.1, 0.15) is 42.9 Å². The first-order valence-corrected chi connectivity index (χ1v) is 11.6. The van der Waals surface area contributed by atoms with Gasteiger partial charge < -0.3 is 14.8 Å². The second kappa shape index (κ2) is 10.3. The van der Waals surface area contributed by atoms with Crippen molar-refractivity contribution in [1.29, 1.82) is 0 Å². The minimum absolute atomic E-state index is 0.0489. The molecule has 2 heterocycles. The van der Waals surface area contributed by atoms with Crippen molar-refractivity contribution in [2.75, 3.05) is 25.1 Å². The molecule has 2 fully saturated rings. The highest BCUT2D eigenvalue weighted by molar-refractivity contribution is 7.99. The van der Waals surface area contributed by atoms with E-state index in [9.17, 15) is 4.79 Å². The van der Waals surface area contributed by atoms with Crippen molar-refractivity contribution < 1.29 is 14.3 Å². The van der Waals surface area contributed by atoms with Crippen LogP contribution >= 0.6 is 11.8 Å². The molecule has 1 N–H and O–H groups in total. The van der Waals surface area contributed by atoms with E-state index in [4.69, 9.17) is 9.47 Å². The normalized spacial score (nSPS) is 22.9. The first-order chi connectivity index (χ1) is 14.3. The first-order valence-electron chi connectivity index (χ1n) is 10.6. The van der Waals surface area contributed by atoms with Crippen LogP contribution in [0.15, 0.2) is 54.6 Å². The van der Waals surface area contributed by atoms with Gasteiger partial charge in [0, 0.05) is 36.5 Å². The quantitative estimate of drug-likeness (QED) is 0.709. The topological polar surface area (TPSA) is 47.6 Å². The Morgan fingerprint density at radius 3 is 2.66 bits per heavy atom. The maximum Gasteiger partial charge on any atom is 0.230 e. The van der Waals surface area contributed by atoms with Gasteiger partial charge in [-0.3, -0.25) is 4.79 Å². The van der Waals surface area contributed by atoms with Crippen molar-refractivity contribution in [2.24, 2.45) is 5.92 Å². The number of ether oxygens (including phenoxy) is 2. The molecule has 0 bridgehead atoms. The fourth-order valence-electron chi connectivity index (χ4n) is 4.05. The summed E-state index contributed by atoms with van der Waals surface area (Å²) >= 11 is 1.99. The molecule has 0 aromatic heterocycles. The summed E-state index contributed by atoms with van der Waals surface area (Å²) in [5, 5.41) is 3.82. The number of anilines is 1. The molecule has 2 aromatic carbocycles. The minimum atomic E-state index is -0.169. The highest BCUT2D eigenvalue weighted by Gasteiger charge is 2.33. The Bertz CT molecular complexity index is 792. The number of rotatable bonds is 6. The SMILES string of the molecule is O=C(Nc1cccc(CSC2CCOCC2)c1)C1CCCOC1c1ccccc1. The van der Waals surface area contributed by atoms with Crippen LogP contribution in [0, 0.1) is 5.92 Å². The number of hydrogen-bond acceptors (Lipinski definition) is 4. The van der Waals surface area contributed by atoms with E-state index in [2.05, 4.69) is 17.4 Å². The Morgan fingerprint density at radius 2 is 1.83 bits per heavy atom. The zero-order valence-electron chi connectivity index (χ0n) is 16.7. The van der Waals surface area contributed by atoms with Crippen LogP contribution in [0.2, 0.25) is 0 Å². The lowest BCUT2D eigenvalue weighted by Crippen LogP contribution is -2.33. The van der Waals surface area contributed by atoms with Gasteiger partial charge in [0.15, 0.2) is 0 Å². The third-order valence-corrected chi connectivity index (χ3v) is 7.08. The molecular weight excluding hydrogens is 382 g/mol. The van der Waals surface area contributed by atoms with Gasteiger partial charge in [-0.15, -0.1) is 0 Å². The van der Waals surface area contributed by atoms with E-state index in [0.717, 1.165) is 55.9 Å². The van der Waals surface area contributed by atoms with Crippen molar-refractivity contribution >= 4 is 23.4 Å². The van der Waals surface area contributed by atoms with E-state index in [1.54, 1.807) is 0 Å². The molecule has 29 heavy (non-hydrogen) atoms. The Morgan fingerprint density at radius 1 is 1.00 bits per heavy atom. The number of amides is 1. The third-order valence-electron chi connectivity index (χ3n) is 5.64. The second-order valence-corrected chi connectivity index (χ2v) is 9.05. The van der Waals surface area contributed by atoms with Crippen molar-refractivity contribution in [3.8, 4) is 0 Å². The molecular formula is C24H29NO3S. The summed E-state index contributed by atoms with van der Waals surface area (Å²) in [4.78, 5) is 13.1. The van der Waals surface area contributed by atoms with Gasteiger partial charge in [0.2, 0.25) is 5.91 Å². The third kappa shape index (κ3) is 5.62. The van der Waals surface area contributed by atoms with Gasteiger partial charge in [-0.05, 0) is 48.9 Å². The summed E-state index contributed by atoms with van der Waals surface area (Å²) in [6.07, 6.45) is 3.86. The maximum absolute atomic E-state index is 13.1. The van der Waals surface area contributed by atoms with E-state index in [1.165, 1.54) is 5.56 Å². The van der Waals surface area contributed by atoms with Crippen molar-refractivity contribution in [3.05, 3.63) is 65.7 Å². The van der Waals surface area contributed by atoms with Gasteiger partial charge >= 0.3 is 0 Å². The summed E-state index contributed by atoms with van der Waals surface area (Å²) in [6.45, 7) is 2.46. The van der Waals surface area contributed by atoms with E-state index < -0.39 is 0 Å². The van der Waals surface area contributed by atoms with E-state index in [0.29, 0.717) is 11.9 Å². The Labute approximate surface area is 177 Å². The van der Waals surface area contributed by atoms with Crippen molar-refractivity contribution in [3.63, 3.8) is 0 Å². The molecule has 4 nitrogen and oxygen atoms in total. The molecule has 154 valence electrons. The maximum atomic E-state index is 13.1. The highest BCUT2D eigenvalue weighted by Crippen LogP contribution is 2.34.